The second kappa shape index (κ2) is 10.4. The van der Waals surface area contributed by atoms with E-state index >= 15 is 0 Å². The maximum absolute atomic E-state index is 6.48. The number of hydroxylamine groups is 1. The van der Waals surface area contributed by atoms with Gasteiger partial charge in [0.25, 0.3) is 0 Å². The number of nitrogens with one attached hydrogen (secondary N) is 1. The van der Waals surface area contributed by atoms with Crippen molar-refractivity contribution < 1.29 is 19.0 Å². The van der Waals surface area contributed by atoms with Crippen LogP contribution in [0, 0.1) is 5.92 Å². The van der Waals surface area contributed by atoms with Crippen LogP contribution in [0.2, 0.25) is 0 Å². The summed E-state index contributed by atoms with van der Waals surface area (Å²) in [6.07, 6.45) is -0.499. The van der Waals surface area contributed by atoms with E-state index < -0.39 is 0 Å². The smallest absolute Gasteiger partial charge is 0.112 e. The summed E-state index contributed by atoms with van der Waals surface area (Å²) < 4.78 is 19.4. The molecule has 5 nitrogen and oxygen atoms in total. The van der Waals surface area contributed by atoms with Gasteiger partial charge in [-0.3, -0.25) is 0 Å². The van der Waals surface area contributed by atoms with Crippen LogP contribution in [-0.4, -0.2) is 31.0 Å². The lowest BCUT2D eigenvalue weighted by atomic mass is 10.0. The highest BCUT2D eigenvalue weighted by Gasteiger charge is 2.55. The maximum Gasteiger partial charge on any atom is 0.112 e. The number of benzene rings is 3. The van der Waals surface area contributed by atoms with E-state index in [1.807, 2.05) is 54.6 Å². The summed E-state index contributed by atoms with van der Waals surface area (Å²) in [5, 5.41) is 0. The zero-order valence-electron chi connectivity index (χ0n) is 18.0. The van der Waals surface area contributed by atoms with Crippen LogP contribution in [-0.2, 0) is 38.9 Å². The Hall–Kier alpha value is -2.54. The van der Waals surface area contributed by atoms with Crippen LogP contribution in [0.3, 0.4) is 0 Å². The molecule has 0 unspecified atom stereocenters. The molecule has 2 fully saturated rings. The summed E-state index contributed by atoms with van der Waals surface area (Å²) in [5.41, 5.74) is 6.59. The normalized spacial score (nSPS) is 26.8. The van der Waals surface area contributed by atoms with Gasteiger partial charge in [-0.05, 0) is 16.7 Å². The first-order chi connectivity index (χ1) is 15.9. The molecule has 3 aromatic carbocycles. The van der Waals surface area contributed by atoms with Gasteiger partial charge in [0, 0.05) is 5.92 Å². The van der Waals surface area contributed by atoms with Gasteiger partial charge in [-0.15, -0.1) is 0 Å². The third-order valence-corrected chi connectivity index (χ3v) is 6.24. The first-order valence-electron chi connectivity index (χ1n) is 11.2. The van der Waals surface area contributed by atoms with E-state index in [0.717, 1.165) is 16.7 Å². The molecule has 3 aromatic rings. The van der Waals surface area contributed by atoms with Crippen molar-refractivity contribution in [2.24, 2.45) is 5.92 Å². The van der Waals surface area contributed by atoms with Crippen LogP contribution in [0.15, 0.2) is 91.0 Å². The topological polar surface area (TPSA) is 49.0 Å². The number of hydrogen-bond donors (Lipinski definition) is 1. The van der Waals surface area contributed by atoms with E-state index in [0.29, 0.717) is 26.4 Å². The SMILES string of the molecule is c1ccc(CO[C@H]2[C@@H](OCc3ccccc3)[C@H]3CON[C@H]3[C@@H]2OCc2ccccc2)cc1. The molecule has 0 amide bonds. The number of rotatable bonds is 9. The molecule has 1 N–H and O–H groups in total. The molecule has 1 heterocycles. The zero-order valence-corrected chi connectivity index (χ0v) is 18.0. The van der Waals surface area contributed by atoms with Crippen molar-refractivity contribution in [1.29, 1.82) is 0 Å². The second-order valence-electron chi connectivity index (χ2n) is 8.40. The summed E-state index contributed by atoms with van der Waals surface area (Å²) in [4.78, 5) is 5.62. The molecule has 0 aromatic heterocycles. The predicted octanol–water partition coefficient (Wildman–Crippen LogP) is 4.28. The molecule has 5 heteroatoms. The molecule has 5 atom stereocenters. The summed E-state index contributed by atoms with van der Waals surface area (Å²) in [6, 6.07) is 30.7. The summed E-state index contributed by atoms with van der Waals surface area (Å²) in [5.74, 6) is 0.167. The molecule has 166 valence electrons. The second-order valence-corrected chi connectivity index (χ2v) is 8.40. The van der Waals surface area contributed by atoms with E-state index in [4.69, 9.17) is 19.0 Å². The van der Waals surface area contributed by atoms with Gasteiger partial charge in [0.15, 0.2) is 0 Å². The van der Waals surface area contributed by atoms with Gasteiger partial charge in [0.05, 0.1) is 38.6 Å². The van der Waals surface area contributed by atoms with E-state index in [2.05, 4.69) is 41.9 Å². The Morgan fingerprint density at radius 1 is 0.594 bits per heavy atom. The fourth-order valence-electron chi connectivity index (χ4n) is 4.58. The minimum atomic E-state index is -0.200. The van der Waals surface area contributed by atoms with Gasteiger partial charge in [0.1, 0.15) is 12.2 Å². The van der Waals surface area contributed by atoms with Crippen LogP contribution in [0.5, 0.6) is 0 Å². The van der Waals surface area contributed by atoms with Gasteiger partial charge in [-0.1, -0.05) is 91.0 Å². The van der Waals surface area contributed by atoms with Crippen molar-refractivity contribution in [3.63, 3.8) is 0 Å². The molecule has 2 aliphatic rings. The molecule has 5 rings (SSSR count). The zero-order chi connectivity index (χ0) is 21.6. The average molecular weight is 432 g/mol. The molecule has 1 saturated heterocycles. The molecule has 0 spiro atoms. The Bertz CT molecular complexity index is 896. The van der Waals surface area contributed by atoms with Crippen molar-refractivity contribution in [2.45, 2.75) is 44.2 Å². The average Bonchev–Trinajstić information content (AvgIpc) is 3.43. The van der Waals surface area contributed by atoms with E-state index in [1.165, 1.54) is 0 Å². The lowest BCUT2D eigenvalue weighted by molar-refractivity contribution is -0.140. The minimum Gasteiger partial charge on any atom is -0.370 e. The van der Waals surface area contributed by atoms with Crippen LogP contribution in [0.25, 0.3) is 0 Å². The Morgan fingerprint density at radius 2 is 1.03 bits per heavy atom. The Labute approximate surface area is 189 Å². The Morgan fingerprint density at radius 3 is 1.53 bits per heavy atom. The first kappa shape index (κ1) is 21.3. The molecule has 1 aliphatic carbocycles. The van der Waals surface area contributed by atoms with Crippen LogP contribution < -0.4 is 5.48 Å². The van der Waals surface area contributed by atoms with Crippen LogP contribution in [0.4, 0.5) is 0 Å². The minimum absolute atomic E-state index is 0.0280. The van der Waals surface area contributed by atoms with Crippen molar-refractivity contribution in [3.8, 4) is 0 Å². The van der Waals surface area contributed by atoms with E-state index in [-0.39, 0.29) is 30.3 Å². The summed E-state index contributed by atoms with van der Waals surface area (Å²) in [6.45, 7) is 2.15. The summed E-state index contributed by atoms with van der Waals surface area (Å²) >= 11 is 0. The third kappa shape index (κ3) is 4.93. The fraction of sp³-hybridized carbons (Fsp3) is 0.333. The number of hydrogen-bond acceptors (Lipinski definition) is 5. The predicted molar refractivity (Wildman–Crippen MR) is 121 cm³/mol. The molecule has 1 aliphatic heterocycles. The molecular formula is C27H29NO4. The monoisotopic (exact) mass is 431 g/mol. The fourth-order valence-corrected chi connectivity index (χ4v) is 4.58. The quantitative estimate of drug-likeness (QED) is 0.548. The van der Waals surface area contributed by atoms with Gasteiger partial charge >= 0.3 is 0 Å². The van der Waals surface area contributed by atoms with Crippen LogP contribution in [0.1, 0.15) is 16.7 Å². The molecule has 1 saturated carbocycles. The molecule has 0 radical (unpaired) electrons. The largest absolute Gasteiger partial charge is 0.370 e. The molecule has 32 heavy (non-hydrogen) atoms. The summed E-state index contributed by atoms with van der Waals surface area (Å²) in [7, 11) is 0. The highest BCUT2D eigenvalue weighted by Crippen LogP contribution is 2.38. The molecule has 0 bridgehead atoms. The Kier molecular flexibility index (Phi) is 6.92. The third-order valence-electron chi connectivity index (χ3n) is 6.24. The van der Waals surface area contributed by atoms with E-state index in [9.17, 15) is 0 Å². The van der Waals surface area contributed by atoms with Gasteiger partial charge in [-0.25, -0.2) is 0 Å². The van der Waals surface area contributed by atoms with Crippen molar-refractivity contribution in [3.05, 3.63) is 108 Å². The lowest BCUT2D eigenvalue weighted by Gasteiger charge is -2.28. The lowest BCUT2D eigenvalue weighted by Crippen LogP contribution is -2.42. The van der Waals surface area contributed by atoms with Crippen molar-refractivity contribution >= 4 is 0 Å². The van der Waals surface area contributed by atoms with Crippen molar-refractivity contribution in [2.75, 3.05) is 6.61 Å². The van der Waals surface area contributed by atoms with Gasteiger partial charge in [0.2, 0.25) is 0 Å². The van der Waals surface area contributed by atoms with Gasteiger partial charge < -0.3 is 19.0 Å². The number of fused-ring (bicyclic) bond motifs is 1. The number of ether oxygens (including phenoxy) is 3. The van der Waals surface area contributed by atoms with E-state index in [1.54, 1.807) is 0 Å². The first-order valence-corrected chi connectivity index (χ1v) is 11.2. The Balaban J connectivity index is 1.33. The maximum atomic E-state index is 6.48. The standard InChI is InChI=1S/C27H29NO4/c1-4-10-20(11-5-1)16-29-25-23-19-32-28-24(23)26(30-17-21-12-6-2-7-13-21)27(25)31-18-22-14-8-3-9-15-22/h1-15,23-28H,16-19H2/t23-,24+,25-,26-,27-/m0/s1. The van der Waals surface area contributed by atoms with Crippen molar-refractivity contribution in [1.82, 2.24) is 5.48 Å². The van der Waals surface area contributed by atoms with Gasteiger partial charge in [-0.2, -0.15) is 5.48 Å². The molecular weight excluding hydrogens is 402 g/mol. The van der Waals surface area contributed by atoms with Crippen LogP contribution >= 0.6 is 0 Å². The highest BCUT2D eigenvalue weighted by molar-refractivity contribution is 5.16. The highest BCUT2D eigenvalue weighted by atomic mass is 16.7.